The maximum atomic E-state index is 10.1. The molecule has 0 aromatic heterocycles. The SMILES string of the molecule is C=C1CC(=C)C(c2ccc(Oc3ccccc3)cc2)=C(c2ccccc2)N1.C=CC(=C)C(=O)N=O.CC. The Morgan fingerprint density at radius 2 is 1.41 bits per heavy atom. The molecular weight excluding hydrogens is 460 g/mol. The summed E-state index contributed by atoms with van der Waals surface area (Å²) >= 11 is 0. The molecule has 0 bridgehead atoms. The molecule has 1 heterocycles. The molecule has 0 unspecified atom stereocenters. The lowest BCUT2D eigenvalue weighted by Crippen LogP contribution is -2.19. The highest BCUT2D eigenvalue weighted by Crippen LogP contribution is 2.37. The van der Waals surface area contributed by atoms with Crippen LogP contribution in [-0.2, 0) is 4.79 Å². The molecule has 1 aliphatic rings. The standard InChI is InChI=1S/C25H21NO.C5H5NO2.C2H6/c1-18-17-19(2)26-25(21-9-5-3-6-10-21)24(18)20-13-15-23(16-14-20)27-22-11-7-4-8-12-22;1-3-4(2)5(7)6-8;1-2/h3-16,26H,1-2,17H2;3H,1-2H2;1-2H3. The number of amides is 1. The summed E-state index contributed by atoms with van der Waals surface area (Å²) in [5.74, 6) is 0.778. The number of benzene rings is 3. The number of allylic oxidation sites excluding steroid dienone is 2. The number of ether oxygens (including phenoxy) is 1. The van der Waals surface area contributed by atoms with Gasteiger partial charge in [0.15, 0.2) is 0 Å². The van der Waals surface area contributed by atoms with Crippen LogP contribution in [0.3, 0.4) is 0 Å². The molecule has 5 nitrogen and oxygen atoms in total. The number of rotatable bonds is 6. The van der Waals surface area contributed by atoms with Gasteiger partial charge in [0.2, 0.25) is 0 Å². The van der Waals surface area contributed by atoms with Crippen LogP contribution in [0.2, 0.25) is 0 Å². The second kappa shape index (κ2) is 14.6. The van der Waals surface area contributed by atoms with Crippen LogP contribution in [-0.4, -0.2) is 5.91 Å². The second-order valence-corrected chi connectivity index (χ2v) is 7.69. The fourth-order valence-electron chi connectivity index (χ4n) is 3.44. The van der Waals surface area contributed by atoms with Gasteiger partial charge in [0, 0.05) is 28.4 Å². The lowest BCUT2D eigenvalue weighted by atomic mass is 9.88. The molecule has 0 aliphatic carbocycles. The fourth-order valence-corrected chi connectivity index (χ4v) is 3.44. The average molecular weight is 493 g/mol. The molecule has 0 saturated heterocycles. The molecule has 3 aromatic rings. The van der Waals surface area contributed by atoms with Crippen molar-refractivity contribution in [2.24, 2.45) is 5.18 Å². The van der Waals surface area contributed by atoms with E-state index in [9.17, 15) is 9.70 Å². The maximum Gasteiger partial charge on any atom is 0.316 e. The number of nitrogens with zero attached hydrogens (tertiary/aromatic N) is 1. The van der Waals surface area contributed by atoms with Crippen LogP contribution in [0.4, 0.5) is 0 Å². The van der Waals surface area contributed by atoms with E-state index in [-0.39, 0.29) is 5.57 Å². The smallest absolute Gasteiger partial charge is 0.316 e. The summed E-state index contributed by atoms with van der Waals surface area (Å²) in [6.07, 6.45) is 1.93. The summed E-state index contributed by atoms with van der Waals surface area (Å²) in [5, 5.41) is 5.56. The van der Waals surface area contributed by atoms with Crippen molar-refractivity contribution < 1.29 is 9.53 Å². The van der Waals surface area contributed by atoms with Crippen molar-refractivity contribution in [3.63, 3.8) is 0 Å². The Bertz CT molecular complexity index is 1270. The van der Waals surface area contributed by atoms with E-state index < -0.39 is 5.91 Å². The second-order valence-electron chi connectivity index (χ2n) is 7.69. The molecule has 3 aromatic carbocycles. The molecule has 5 heteroatoms. The number of nitrogens with one attached hydrogen (secondary N) is 1. The molecule has 188 valence electrons. The number of para-hydroxylation sites is 1. The van der Waals surface area contributed by atoms with E-state index in [0.717, 1.165) is 51.6 Å². The Hall–Kier alpha value is -4.77. The largest absolute Gasteiger partial charge is 0.457 e. The van der Waals surface area contributed by atoms with Crippen LogP contribution >= 0.6 is 0 Å². The third-order valence-corrected chi connectivity index (χ3v) is 5.12. The zero-order valence-electron chi connectivity index (χ0n) is 21.4. The van der Waals surface area contributed by atoms with E-state index in [1.807, 2.05) is 74.5 Å². The Labute approximate surface area is 219 Å². The summed E-state index contributed by atoms with van der Waals surface area (Å²) < 4.78 is 5.91. The summed E-state index contributed by atoms with van der Waals surface area (Å²) in [4.78, 5) is 19.5. The van der Waals surface area contributed by atoms with Crippen molar-refractivity contribution in [2.75, 3.05) is 0 Å². The maximum absolute atomic E-state index is 10.1. The summed E-state index contributed by atoms with van der Waals surface area (Å²) in [6, 6.07) is 28.2. The number of nitroso groups, excluding NO2 is 1. The number of carbonyl (C=O) groups excluding carboxylic acids is 1. The van der Waals surface area contributed by atoms with Crippen molar-refractivity contribution in [2.45, 2.75) is 20.3 Å². The highest BCUT2D eigenvalue weighted by Gasteiger charge is 2.20. The molecule has 0 atom stereocenters. The highest BCUT2D eigenvalue weighted by atomic mass is 16.5. The van der Waals surface area contributed by atoms with Crippen LogP contribution in [0.15, 0.2) is 139 Å². The van der Waals surface area contributed by atoms with Crippen LogP contribution in [0, 0.1) is 4.91 Å². The lowest BCUT2D eigenvalue weighted by Gasteiger charge is -2.26. The van der Waals surface area contributed by atoms with Gasteiger partial charge in [-0.1, -0.05) is 107 Å². The van der Waals surface area contributed by atoms with Gasteiger partial charge in [-0.15, -0.1) is 4.91 Å². The summed E-state index contributed by atoms with van der Waals surface area (Å²) in [7, 11) is 0. The molecule has 0 radical (unpaired) electrons. The minimum atomic E-state index is -0.861. The third kappa shape index (κ3) is 8.15. The van der Waals surface area contributed by atoms with Gasteiger partial charge in [-0.3, -0.25) is 4.79 Å². The predicted octanol–water partition coefficient (Wildman–Crippen LogP) is 8.46. The van der Waals surface area contributed by atoms with Gasteiger partial charge < -0.3 is 10.1 Å². The van der Waals surface area contributed by atoms with E-state index in [4.69, 9.17) is 4.74 Å². The number of hydrogen-bond donors (Lipinski definition) is 1. The first-order chi connectivity index (χ1) is 17.9. The average Bonchev–Trinajstić information content (AvgIpc) is 2.95. The van der Waals surface area contributed by atoms with E-state index >= 15 is 0 Å². The normalized spacial score (nSPS) is 12.1. The van der Waals surface area contributed by atoms with Gasteiger partial charge in [-0.25, -0.2) is 0 Å². The van der Waals surface area contributed by atoms with Gasteiger partial charge in [0.1, 0.15) is 11.5 Å². The number of carbonyl (C=O) groups is 1. The fraction of sp³-hybridized carbons (Fsp3) is 0.0938. The molecule has 0 fully saturated rings. The van der Waals surface area contributed by atoms with E-state index in [0.29, 0.717) is 0 Å². The minimum absolute atomic E-state index is 0.0278. The number of hydrogen-bond acceptors (Lipinski definition) is 4. The van der Waals surface area contributed by atoms with Crippen molar-refractivity contribution in [3.05, 3.63) is 150 Å². The van der Waals surface area contributed by atoms with Crippen LogP contribution in [0.5, 0.6) is 11.5 Å². The first-order valence-corrected chi connectivity index (χ1v) is 11.9. The topological polar surface area (TPSA) is 67.8 Å². The quantitative estimate of drug-likeness (QED) is 0.213. The van der Waals surface area contributed by atoms with Crippen molar-refractivity contribution >= 4 is 17.2 Å². The Kier molecular flexibility index (Phi) is 11.2. The molecule has 0 spiro atoms. The van der Waals surface area contributed by atoms with Gasteiger partial charge in [-0.2, -0.15) is 0 Å². The molecule has 1 N–H and O–H groups in total. The monoisotopic (exact) mass is 492 g/mol. The molecule has 37 heavy (non-hydrogen) atoms. The molecule has 1 aliphatic heterocycles. The van der Waals surface area contributed by atoms with Crippen molar-refractivity contribution in [3.8, 4) is 11.5 Å². The highest BCUT2D eigenvalue weighted by molar-refractivity contribution is 5.99. The van der Waals surface area contributed by atoms with Gasteiger partial charge >= 0.3 is 5.91 Å². The van der Waals surface area contributed by atoms with Crippen molar-refractivity contribution in [1.29, 1.82) is 0 Å². The van der Waals surface area contributed by atoms with Crippen LogP contribution < -0.4 is 10.1 Å². The minimum Gasteiger partial charge on any atom is -0.457 e. The van der Waals surface area contributed by atoms with E-state index in [2.05, 4.69) is 61.1 Å². The van der Waals surface area contributed by atoms with E-state index in [1.165, 1.54) is 6.08 Å². The summed E-state index contributed by atoms with van der Waals surface area (Å²) in [5.41, 5.74) is 6.47. The van der Waals surface area contributed by atoms with Gasteiger partial charge in [0.05, 0.1) is 5.70 Å². The first-order valence-electron chi connectivity index (χ1n) is 11.9. The van der Waals surface area contributed by atoms with Gasteiger partial charge in [-0.05, 0) is 41.0 Å². The van der Waals surface area contributed by atoms with Crippen LogP contribution in [0.25, 0.3) is 11.3 Å². The summed E-state index contributed by atoms with van der Waals surface area (Å²) in [6.45, 7) is 18.8. The molecular formula is C32H32N2O3. The third-order valence-electron chi connectivity index (χ3n) is 5.12. The van der Waals surface area contributed by atoms with Crippen molar-refractivity contribution in [1.82, 2.24) is 5.32 Å². The zero-order chi connectivity index (χ0) is 27.2. The molecule has 1 amide bonds. The van der Waals surface area contributed by atoms with Crippen LogP contribution in [0.1, 0.15) is 31.4 Å². The Morgan fingerprint density at radius 3 is 1.92 bits per heavy atom. The Morgan fingerprint density at radius 1 is 0.865 bits per heavy atom. The predicted molar refractivity (Wildman–Crippen MR) is 154 cm³/mol. The van der Waals surface area contributed by atoms with Gasteiger partial charge in [0.25, 0.3) is 0 Å². The Balaban J connectivity index is 0.000000414. The zero-order valence-corrected chi connectivity index (χ0v) is 21.4. The van der Waals surface area contributed by atoms with E-state index in [1.54, 1.807) is 0 Å². The first kappa shape index (κ1) is 28.5. The lowest BCUT2D eigenvalue weighted by molar-refractivity contribution is -0.114. The molecule has 4 rings (SSSR count). The molecule has 0 saturated carbocycles.